The second-order valence-electron chi connectivity index (χ2n) is 6.71. The van der Waals surface area contributed by atoms with Crippen molar-refractivity contribution in [2.45, 2.75) is 51.4 Å². The monoisotopic (exact) mass is 362 g/mol. The summed E-state index contributed by atoms with van der Waals surface area (Å²) in [5.41, 5.74) is 1.91. The van der Waals surface area contributed by atoms with Crippen molar-refractivity contribution < 1.29 is 0 Å². The summed E-state index contributed by atoms with van der Waals surface area (Å²) in [5.74, 6) is 0. The van der Waals surface area contributed by atoms with Crippen LogP contribution in [0.4, 0.5) is 0 Å². The third-order valence-corrected chi connectivity index (χ3v) is 7.08. The number of hydrogen-bond donors (Lipinski definition) is 0. The highest BCUT2D eigenvalue weighted by molar-refractivity contribution is 9.10. The highest BCUT2D eigenvalue weighted by atomic mass is 79.9. The van der Waals surface area contributed by atoms with E-state index in [1.807, 2.05) is 23.5 Å². The molecule has 0 unspecified atom stereocenters. The second-order valence-corrected chi connectivity index (χ2v) is 8.76. The fourth-order valence-electron chi connectivity index (χ4n) is 4.20. The average molecular weight is 363 g/mol. The number of rotatable bonds is 0. The molecule has 1 saturated carbocycles. The zero-order valence-corrected chi connectivity index (χ0v) is 14.5. The van der Waals surface area contributed by atoms with Gasteiger partial charge in [-0.2, -0.15) is 0 Å². The van der Waals surface area contributed by atoms with Gasteiger partial charge in [-0.15, -0.1) is 11.3 Å². The normalized spacial score (nSPS) is 20.6. The van der Waals surface area contributed by atoms with Crippen molar-refractivity contribution in [3.05, 3.63) is 43.3 Å². The third-order valence-electron chi connectivity index (χ3n) is 5.39. The van der Waals surface area contributed by atoms with Crippen LogP contribution in [0.2, 0.25) is 0 Å². The van der Waals surface area contributed by atoms with E-state index in [4.69, 9.17) is 0 Å². The molecule has 1 aromatic heterocycles. The molecule has 0 radical (unpaired) electrons. The third kappa shape index (κ3) is 2.39. The van der Waals surface area contributed by atoms with Crippen LogP contribution in [0.3, 0.4) is 0 Å². The van der Waals surface area contributed by atoms with Gasteiger partial charge in [0.15, 0.2) is 5.43 Å². The summed E-state index contributed by atoms with van der Waals surface area (Å²) in [6.45, 7) is 0. The standard InChI is InChI=1S/C18H19BrOS/c19-12-4-5-13-15(10-12)21-16-11-18(7-2-1-3-8-18)9-6-14(16)17(13)20/h4-5,10H,1-3,6-9,11H2. The van der Waals surface area contributed by atoms with E-state index in [1.54, 1.807) is 0 Å². The lowest BCUT2D eigenvalue weighted by Gasteiger charge is -2.40. The maximum Gasteiger partial charge on any atom is 0.191 e. The molecule has 1 heterocycles. The number of fused-ring (bicyclic) bond motifs is 2. The van der Waals surface area contributed by atoms with Crippen molar-refractivity contribution in [2.75, 3.05) is 0 Å². The Balaban J connectivity index is 1.84. The van der Waals surface area contributed by atoms with Gasteiger partial charge in [0.25, 0.3) is 0 Å². The van der Waals surface area contributed by atoms with Gasteiger partial charge in [-0.25, -0.2) is 0 Å². The minimum absolute atomic E-state index is 0.289. The molecule has 110 valence electrons. The van der Waals surface area contributed by atoms with Gasteiger partial charge in [0.1, 0.15) is 0 Å². The summed E-state index contributed by atoms with van der Waals surface area (Å²) in [5, 5.41) is 0.904. The van der Waals surface area contributed by atoms with Crippen LogP contribution in [0, 0.1) is 5.41 Å². The highest BCUT2D eigenvalue weighted by Crippen LogP contribution is 2.47. The van der Waals surface area contributed by atoms with Crippen LogP contribution in [0.1, 0.15) is 49.0 Å². The van der Waals surface area contributed by atoms with Crippen molar-refractivity contribution >= 4 is 37.4 Å². The van der Waals surface area contributed by atoms with Crippen LogP contribution in [0.5, 0.6) is 0 Å². The minimum atomic E-state index is 0.289. The molecule has 0 amide bonds. The fraction of sp³-hybridized carbons (Fsp3) is 0.500. The van der Waals surface area contributed by atoms with Gasteiger partial charge in [-0.3, -0.25) is 4.79 Å². The summed E-state index contributed by atoms with van der Waals surface area (Å²) < 4.78 is 2.20. The molecule has 1 nitrogen and oxygen atoms in total. The molecule has 2 aliphatic carbocycles. The largest absolute Gasteiger partial charge is 0.289 e. The molecular formula is C18H19BrOS. The van der Waals surface area contributed by atoms with Crippen LogP contribution in [-0.2, 0) is 12.8 Å². The Bertz CT molecular complexity index is 756. The van der Waals surface area contributed by atoms with Gasteiger partial charge in [-0.1, -0.05) is 35.2 Å². The molecule has 2 aliphatic rings. The summed E-state index contributed by atoms with van der Waals surface area (Å²) in [6, 6.07) is 6.06. The molecule has 4 rings (SSSR count). The van der Waals surface area contributed by atoms with Gasteiger partial charge < -0.3 is 0 Å². The smallest absolute Gasteiger partial charge is 0.191 e. The Morgan fingerprint density at radius 1 is 1.10 bits per heavy atom. The van der Waals surface area contributed by atoms with Crippen LogP contribution < -0.4 is 5.43 Å². The quantitative estimate of drug-likeness (QED) is 0.607. The lowest BCUT2D eigenvalue weighted by atomic mass is 9.65. The molecule has 3 heteroatoms. The molecule has 0 atom stereocenters. The summed E-state index contributed by atoms with van der Waals surface area (Å²) in [7, 11) is 0. The Kier molecular flexibility index (Phi) is 3.46. The maximum absolute atomic E-state index is 12.7. The van der Waals surface area contributed by atoms with Crippen LogP contribution in [-0.4, -0.2) is 0 Å². The first-order chi connectivity index (χ1) is 10.2. The fourth-order valence-corrected chi connectivity index (χ4v) is 6.13. The Morgan fingerprint density at radius 3 is 2.71 bits per heavy atom. The van der Waals surface area contributed by atoms with E-state index >= 15 is 0 Å². The van der Waals surface area contributed by atoms with E-state index in [1.165, 1.54) is 43.4 Å². The van der Waals surface area contributed by atoms with Crippen molar-refractivity contribution in [1.29, 1.82) is 0 Å². The predicted molar refractivity (Wildman–Crippen MR) is 93.3 cm³/mol. The van der Waals surface area contributed by atoms with E-state index in [9.17, 15) is 4.79 Å². The first kappa shape index (κ1) is 14.0. The van der Waals surface area contributed by atoms with Gasteiger partial charge in [-0.05, 0) is 55.7 Å². The van der Waals surface area contributed by atoms with Crippen LogP contribution >= 0.6 is 27.3 Å². The van der Waals surface area contributed by atoms with Crippen LogP contribution in [0.15, 0.2) is 27.5 Å². The van der Waals surface area contributed by atoms with E-state index < -0.39 is 0 Å². The lowest BCUT2D eigenvalue weighted by molar-refractivity contribution is 0.164. The molecule has 1 fully saturated rings. The zero-order chi connectivity index (χ0) is 14.4. The molecule has 0 saturated heterocycles. The van der Waals surface area contributed by atoms with Gasteiger partial charge in [0, 0.05) is 25.0 Å². The molecule has 0 N–H and O–H groups in total. The highest BCUT2D eigenvalue weighted by Gasteiger charge is 2.36. The second kappa shape index (κ2) is 5.20. The predicted octanol–water partition coefficient (Wildman–Crippen LogP) is 5.46. The number of hydrogen-bond acceptors (Lipinski definition) is 2. The van der Waals surface area contributed by atoms with E-state index in [0.29, 0.717) is 5.41 Å². The molecule has 21 heavy (non-hydrogen) atoms. The van der Waals surface area contributed by atoms with Gasteiger partial charge in [0.2, 0.25) is 0 Å². The van der Waals surface area contributed by atoms with Crippen molar-refractivity contribution in [3.63, 3.8) is 0 Å². The molecule has 1 spiro atoms. The summed E-state index contributed by atoms with van der Waals surface area (Å²) in [4.78, 5) is 14.1. The molecule has 0 bridgehead atoms. The first-order valence-corrected chi connectivity index (χ1v) is 9.52. The molecule has 2 aromatic rings. The minimum Gasteiger partial charge on any atom is -0.289 e. The summed E-state index contributed by atoms with van der Waals surface area (Å²) >= 11 is 5.38. The summed E-state index contributed by atoms with van der Waals surface area (Å²) in [6.07, 6.45) is 10.3. The van der Waals surface area contributed by atoms with Gasteiger partial charge in [0.05, 0.1) is 0 Å². The Labute approximate surface area is 137 Å². The van der Waals surface area contributed by atoms with E-state index in [0.717, 1.165) is 33.0 Å². The van der Waals surface area contributed by atoms with Crippen molar-refractivity contribution in [3.8, 4) is 0 Å². The SMILES string of the molecule is O=c1c2c(sc3cc(Br)ccc13)CC1(CCCCC1)CC2. The maximum atomic E-state index is 12.7. The number of halogens is 1. The first-order valence-electron chi connectivity index (χ1n) is 7.91. The van der Waals surface area contributed by atoms with E-state index in [-0.39, 0.29) is 5.43 Å². The molecule has 1 aromatic carbocycles. The lowest BCUT2D eigenvalue weighted by Crippen LogP contribution is -2.33. The molecule has 0 aliphatic heterocycles. The zero-order valence-electron chi connectivity index (χ0n) is 12.1. The van der Waals surface area contributed by atoms with Gasteiger partial charge >= 0.3 is 0 Å². The number of benzene rings is 1. The van der Waals surface area contributed by atoms with Crippen molar-refractivity contribution in [1.82, 2.24) is 0 Å². The molecular weight excluding hydrogens is 344 g/mol. The average Bonchev–Trinajstić information content (AvgIpc) is 2.47. The topological polar surface area (TPSA) is 17.1 Å². The van der Waals surface area contributed by atoms with Crippen LogP contribution in [0.25, 0.3) is 10.1 Å². The Hall–Kier alpha value is -0.670. The van der Waals surface area contributed by atoms with Crippen molar-refractivity contribution in [2.24, 2.45) is 5.41 Å². The van der Waals surface area contributed by atoms with E-state index in [2.05, 4.69) is 22.0 Å². The Morgan fingerprint density at radius 2 is 1.90 bits per heavy atom.